The van der Waals surface area contributed by atoms with E-state index in [0.29, 0.717) is 0 Å². The first-order valence-electron chi connectivity index (χ1n) is 6.84. The number of nitrogens with zero attached hydrogens (tertiary/aromatic N) is 1. The molecule has 1 aromatic heterocycles. The molecule has 0 radical (unpaired) electrons. The summed E-state index contributed by atoms with van der Waals surface area (Å²) in [5.74, 6) is 0. The normalized spacial score (nSPS) is 12.7. The van der Waals surface area contributed by atoms with Crippen LogP contribution in [0, 0.1) is 0 Å². The summed E-state index contributed by atoms with van der Waals surface area (Å²) in [5.41, 5.74) is 3.63. The van der Waals surface area contributed by atoms with Gasteiger partial charge >= 0.3 is 0 Å². The predicted molar refractivity (Wildman–Crippen MR) is 87.7 cm³/mol. The molecular formula is C17H16ClNS. The van der Waals surface area contributed by atoms with Gasteiger partial charge in [0.25, 0.3) is 0 Å². The van der Waals surface area contributed by atoms with Gasteiger partial charge in [0, 0.05) is 6.42 Å². The molecule has 0 aliphatic rings. The fourth-order valence-electron chi connectivity index (χ4n) is 2.43. The Hall–Kier alpha value is -1.38. The van der Waals surface area contributed by atoms with Gasteiger partial charge in [-0.2, -0.15) is 0 Å². The zero-order valence-corrected chi connectivity index (χ0v) is 12.9. The minimum atomic E-state index is -0.00767. The van der Waals surface area contributed by atoms with Gasteiger partial charge in [-0.25, -0.2) is 4.98 Å². The molecular weight excluding hydrogens is 286 g/mol. The van der Waals surface area contributed by atoms with Gasteiger partial charge in [0.05, 0.1) is 20.6 Å². The van der Waals surface area contributed by atoms with Crippen molar-refractivity contribution < 1.29 is 0 Å². The maximum Gasteiger partial charge on any atom is 0.0956 e. The highest BCUT2D eigenvalue weighted by Gasteiger charge is 2.14. The van der Waals surface area contributed by atoms with Crippen LogP contribution < -0.4 is 0 Å². The Balaban J connectivity index is 1.86. The lowest BCUT2D eigenvalue weighted by Gasteiger charge is -2.12. The van der Waals surface area contributed by atoms with E-state index in [-0.39, 0.29) is 5.38 Å². The van der Waals surface area contributed by atoms with E-state index in [0.717, 1.165) is 23.4 Å². The number of rotatable bonds is 4. The Morgan fingerprint density at radius 3 is 2.65 bits per heavy atom. The molecule has 0 spiro atoms. The molecule has 1 heterocycles. The first kappa shape index (κ1) is 13.6. The van der Waals surface area contributed by atoms with Gasteiger partial charge in [0.15, 0.2) is 0 Å². The van der Waals surface area contributed by atoms with E-state index in [1.54, 1.807) is 11.3 Å². The smallest absolute Gasteiger partial charge is 0.0956 e. The Labute approximate surface area is 128 Å². The number of benzene rings is 2. The Bertz CT molecular complexity index is 687. The molecule has 0 amide bonds. The van der Waals surface area contributed by atoms with Crippen molar-refractivity contribution in [3.8, 4) is 0 Å². The van der Waals surface area contributed by atoms with Crippen LogP contribution in [0.15, 0.2) is 48.5 Å². The van der Waals surface area contributed by atoms with E-state index >= 15 is 0 Å². The first-order chi connectivity index (χ1) is 9.78. The van der Waals surface area contributed by atoms with Crippen LogP contribution in [0.4, 0.5) is 0 Å². The van der Waals surface area contributed by atoms with Gasteiger partial charge in [-0.05, 0) is 29.7 Å². The zero-order valence-electron chi connectivity index (χ0n) is 11.3. The van der Waals surface area contributed by atoms with E-state index in [2.05, 4.69) is 54.4 Å². The largest absolute Gasteiger partial charge is 0.241 e. The van der Waals surface area contributed by atoms with Crippen molar-refractivity contribution in [2.24, 2.45) is 0 Å². The quantitative estimate of drug-likeness (QED) is 0.589. The molecule has 3 rings (SSSR count). The molecule has 1 atom stereocenters. The van der Waals surface area contributed by atoms with Crippen molar-refractivity contribution in [3.05, 3.63) is 64.7 Å². The van der Waals surface area contributed by atoms with Crippen LogP contribution in [0.2, 0.25) is 0 Å². The average molecular weight is 302 g/mol. The number of aromatic nitrogens is 1. The molecule has 0 bridgehead atoms. The van der Waals surface area contributed by atoms with Gasteiger partial charge < -0.3 is 0 Å². The van der Waals surface area contributed by atoms with E-state index in [4.69, 9.17) is 11.6 Å². The Morgan fingerprint density at radius 2 is 1.85 bits per heavy atom. The van der Waals surface area contributed by atoms with Crippen molar-refractivity contribution >= 4 is 33.2 Å². The van der Waals surface area contributed by atoms with Crippen LogP contribution in [0.25, 0.3) is 10.2 Å². The van der Waals surface area contributed by atoms with E-state index < -0.39 is 0 Å². The number of fused-ring (bicyclic) bond motifs is 1. The summed E-state index contributed by atoms with van der Waals surface area (Å²) in [7, 11) is 0. The Kier molecular flexibility index (Phi) is 4.04. The molecule has 102 valence electrons. The summed E-state index contributed by atoms with van der Waals surface area (Å²) in [5, 5.41) is 1.10. The molecule has 3 heteroatoms. The third kappa shape index (κ3) is 2.72. The molecule has 0 N–H and O–H groups in total. The minimum absolute atomic E-state index is 0.00767. The van der Waals surface area contributed by atoms with Crippen LogP contribution >= 0.6 is 22.9 Å². The number of para-hydroxylation sites is 1. The standard InChI is InChI=1S/C17H16ClNS/c1-2-12-7-3-4-8-13(12)14(18)11-17-19-15-9-5-6-10-16(15)20-17/h3-10,14H,2,11H2,1H3. The number of aryl methyl sites for hydroxylation is 1. The first-order valence-corrected chi connectivity index (χ1v) is 8.09. The van der Waals surface area contributed by atoms with Crippen molar-refractivity contribution in [2.75, 3.05) is 0 Å². The van der Waals surface area contributed by atoms with E-state index in [1.165, 1.54) is 15.8 Å². The molecule has 0 aliphatic heterocycles. The molecule has 0 saturated heterocycles. The second-order valence-corrected chi connectivity index (χ2v) is 6.44. The molecule has 0 aliphatic carbocycles. The van der Waals surface area contributed by atoms with Crippen LogP contribution in [0.3, 0.4) is 0 Å². The van der Waals surface area contributed by atoms with Gasteiger partial charge in [-0.1, -0.05) is 43.3 Å². The van der Waals surface area contributed by atoms with Gasteiger partial charge in [0.2, 0.25) is 0 Å². The average Bonchev–Trinajstić information content (AvgIpc) is 2.89. The van der Waals surface area contributed by atoms with Crippen LogP contribution in [0.1, 0.15) is 28.4 Å². The van der Waals surface area contributed by atoms with Crippen LogP contribution in [0.5, 0.6) is 0 Å². The fourth-order valence-corrected chi connectivity index (χ4v) is 3.90. The van der Waals surface area contributed by atoms with E-state index in [1.807, 2.05) is 6.07 Å². The molecule has 2 aromatic carbocycles. The second-order valence-electron chi connectivity index (χ2n) is 4.80. The third-order valence-corrected chi connectivity index (χ3v) is 4.91. The Morgan fingerprint density at radius 1 is 1.10 bits per heavy atom. The zero-order chi connectivity index (χ0) is 13.9. The number of halogens is 1. The van der Waals surface area contributed by atoms with Crippen LogP contribution in [-0.4, -0.2) is 4.98 Å². The molecule has 1 unspecified atom stereocenters. The van der Waals surface area contributed by atoms with Crippen molar-refractivity contribution in [1.82, 2.24) is 4.98 Å². The SMILES string of the molecule is CCc1ccccc1C(Cl)Cc1nc2ccccc2s1. The lowest BCUT2D eigenvalue weighted by molar-refractivity contribution is 0.889. The highest BCUT2D eigenvalue weighted by molar-refractivity contribution is 7.18. The van der Waals surface area contributed by atoms with Crippen LogP contribution in [-0.2, 0) is 12.8 Å². The number of thiazole rings is 1. The molecule has 0 fully saturated rings. The monoisotopic (exact) mass is 301 g/mol. The molecule has 20 heavy (non-hydrogen) atoms. The molecule has 3 aromatic rings. The van der Waals surface area contributed by atoms with Crippen molar-refractivity contribution in [1.29, 1.82) is 0 Å². The van der Waals surface area contributed by atoms with E-state index in [9.17, 15) is 0 Å². The maximum atomic E-state index is 6.62. The topological polar surface area (TPSA) is 12.9 Å². The molecule has 1 nitrogen and oxygen atoms in total. The highest BCUT2D eigenvalue weighted by atomic mass is 35.5. The fraction of sp³-hybridized carbons (Fsp3) is 0.235. The summed E-state index contributed by atoms with van der Waals surface area (Å²) in [6.45, 7) is 2.17. The third-order valence-electron chi connectivity index (χ3n) is 3.47. The minimum Gasteiger partial charge on any atom is -0.241 e. The lowest BCUT2D eigenvalue weighted by Crippen LogP contribution is -1.99. The summed E-state index contributed by atoms with van der Waals surface area (Å²) in [6, 6.07) is 16.7. The van der Waals surface area contributed by atoms with Crippen molar-refractivity contribution in [2.45, 2.75) is 25.1 Å². The summed E-state index contributed by atoms with van der Waals surface area (Å²) < 4.78 is 1.23. The van der Waals surface area contributed by atoms with Gasteiger partial charge in [-0.15, -0.1) is 22.9 Å². The molecule has 0 saturated carbocycles. The van der Waals surface area contributed by atoms with Crippen molar-refractivity contribution in [3.63, 3.8) is 0 Å². The number of hydrogen-bond donors (Lipinski definition) is 0. The summed E-state index contributed by atoms with van der Waals surface area (Å²) >= 11 is 8.36. The predicted octanol–water partition coefficient (Wildman–Crippen LogP) is 5.38. The number of hydrogen-bond acceptors (Lipinski definition) is 2. The number of alkyl halides is 1. The summed E-state index contributed by atoms with van der Waals surface area (Å²) in [6.07, 6.45) is 1.80. The summed E-state index contributed by atoms with van der Waals surface area (Å²) in [4.78, 5) is 4.67. The highest BCUT2D eigenvalue weighted by Crippen LogP contribution is 2.31. The van der Waals surface area contributed by atoms with Gasteiger partial charge in [-0.3, -0.25) is 0 Å². The van der Waals surface area contributed by atoms with Gasteiger partial charge in [0.1, 0.15) is 0 Å². The lowest BCUT2D eigenvalue weighted by atomic mass is 10.0. The maximum absolute atomic E-state index is 6.62. The second kappa shape index (κ2) is 5.94.